The summed E-state index contributed by atoms with van der Waals surface area (Å²) in [6, 6.07) is 14.4. The van der Waals surface area contributed by atoms with Gasteiger partial charge in [-0.25, -0.2) is 0 Å². The fourth-order valence-corrected chi connectivity index (χ4v) is 5.56. The predicted molar refractivity (Wildman–Crippen MR) is 142 cm³/mol. The number of thiophene rings is 1. The SMILES string of the molecule is Cc1sc2c(c1C)C(c1ccc(C=Cc3ccc(O)cc3)cc1)=N[C@@H](C(C)C(=O)O)c1nnc(C)n1-2. The average Bonchev–Trinajstić information content (AvgIpc) is 3.33. The number of aromatic hydroxyl groups is 1. The molecule has 0 saturated heterocycles. The summed E-state index contributed by atoms with van der Waals surface area (Å²) < 4.78 is 1.97. The maximum absolute atomic E-state index is 12.0. The summed E-state index contributed by atoms with van der Waals surface area (Å²) in [6.45, 7) is 7.71. The lowest BCUT2D eigenvalue weighted by atomic mass is 9.97. The molecule has 0 fully saturated rings. The molecule has 0 saturated carbocycles. The van der Waals surface area contributed by atoms with Crippen molar-refractivity contribution in [2.45, 2.75) is 33.7 Å². The number of aliphatic imine (C=N–C) groups is 1. The van der Waals surface area contributed by atoms with Gasteiger partial charge in [-0.05, 0) is 56.5 Å². The minimum Gasteiger partial charge on any atom is -0.508 e. The van der Waals surface area contributed by atoms with Crippen LogP contribution in [0.25, 0.3) is 17.2 Å². The van der Waals surface area contributed by atoms with Gasteiger partial charge in [-0.1, -0.05) is 48.6 Å². The van der Waals surface area contributed by atoms with Crippen molar-refractivity contribution in [3.8, 4) is 10.8 Å². The number of carbonyl (C=O) groups is 1. The second-order valence-corrected chi connectivity index (χ2v) is 10.2. The van der Waals surface area contributed by atoms with Gasteiger partial charge in [0.25, 0.3) is 0 Å². The van der Waals surface area contributed by atoms with E-state index < -0.39 is 17.9 Å². The molecule has 2 N–H and O–H groups in total. The molecular formula is C28H26N4O3S. The summed E-state index contributed by atoms with van der Waals surface area (Å²) in [7, 11) is 0. The van der Waals surface area contributed by atoms with E-state index in [0.717, 1.165) is 38.5 Å². The standard InChI is InChI=1S/C28H26N4O3S/c1-15-17(3)36-27-23(15)25(29-24(16(2)28(34)35)26-31-30-18(4)32(26)27)21-11-7-19(8-12-21)5-6-20-9-13-22(33)14-10-20/h5-14,16,24,33H,1-4H3,(H,34,35)/t16?,24-/m0/s1. The van der Waals surface area contributed by atoms with Crippen LogP contribution in [0.3, 0.4) is 0 Å². The van der Waals surface area contributed by atoms with Crippen LogP contribution in [0.15, 0.2) is 53.5 Å². The maximum Gasteiger partial charge on any atom is 0.308 e. The Morgan fingerprint density at radius 1 is 1.00 bits per heavy atom. The number of benzene rings is 2. The quantitative estimate of drug-likeness (QED) is 0.342. The number of aliphatic carboxylic acids is 1. The first-order valence-electron chi connectivity index (χ1n) is 11.7. The van der Waals surface area contributed by atoms with Crippen LogP contribution in [0.2, 0.25) is 0 Å². The fourth-order valence-electron chi connectivity index (χ4n) is 4.35. The molecule has 7 nitrogen and oxygen atoms in total. The van der Waals surface area contributed by atoms with E-state index in [4.69, 9.17) is 4.99 Å². The molecule has 36 heavy (non-hydrogen) atoms. The lowest BCUT2D eigenvalue weighted by molar-refractivity contribution is -0.141. The molecule has 1 unspecified atom stereocenters. The van der Waals surface area contributed by atoms with Gasteiger partial charge in [0, 0.05) is 16.0 Å². The molecule has 0 radical (unpaired) electrons. The van der Waals surface area contributed by atoms with Crippen molar-refractivity contribution in [2.75, 3.05) is 0 Å². The molecule has 3 heterocycles. The maximum atomic E-state index is 12.0. The summed E-state index contributed by atoms with van der Waals surface area (Å²) in [5, 5.41) is 28.9. The van der Waals surface area contributed by atoms with Crippen LogP contribution >= 0.6 is 11.3 Å². The number of fused-ring (bicyclic) bond motifs is 3. The number of carboxylic acid groups (broad SMARTS) is 1. The number of carboxylic acids is 1. The molecule has 2 aromatic carbocycles. The number of aromatic nitrogens is 3. The van der Waals surface area contributed by atoms with Crippen LogP contribution < -0.4 is 0 Å². The van der Waals surface area contributed by atoms with E-state index in [-0.39, 0.29) is 5.75 Å². The Morgan fingerprint density at radius 2 is 1.61 bits per heavy atom. The van der Waals surface area contributed by atoms with E-state index >= 15 is 0 Å². The monoisotopic (exact) mass is 498 g/mol. The van der Waals surface area contributed by atoms with Gasteiger partial charge in [0.05, 0.1) is 11.6 Å². The molecule has 0 bridgehead atoms. The highest BCUT2D eigenvalue weighted by Crippen LogP contribution is 2.40. The van der Waals surface area contributed by atoms with Gasteiger partial charge in [0.1, 0.15) is 22.6 Å². The minimum absolute atomic E-state index is 0.238. The number of hydrogen-bond acceptors (Lipinski definition) is 6. The van der Waals surface area contributed by atoms with E-state index in [1.807, 2.05) is 60.0 Å². The first-order chi connectivity index (χ1) is 17.2. The first kappa shape index (κ1) is 23.7. The lowest BCUT2D eigenvalue weighted by Crippen LogP contribution is -2.21. The first-order valence-corrected chi connectivity index (χ1v) is 12.5. The number of hydrogen-bond donors (Lipinski definition) is 2. The Balaban J connectivity index is 1.60. The van der Waals surface area contributed by atoms with Crippen molar-refractivity contribution >= 4 is 35.2 Å². The van der Waals surface area contributed by atoms with Crippen molar-refractivity contribution in [1.82, 2.24) is 14.8 Å². The van der Waals surface area contributed by atoms with Crippen LogP contribution in [0.4, 0.5) is 0 Å². The second-order valence-electron chi connectivity index (χ2n) is 9.00. The van der Waals surface area contributed by atoms with E-state index in [2.05, 4.69) is 24.0 Å². The molecule has 1 aliphatic rings. The molecule has 1 aliphatic heterocycles. The Labute approximate surface area is 213 Å². The van der Waals surface area contributed by atoms with Crippen molar-refractivity contribution in [3.05, 3.63) is 92.9 Å². The molecule has 0 aliphatic carbocycles. The van der Waals surface area contributed by atoms with E-state index in [1.54, 1.807) is 30.4 Å². The molecule has 2 aromatic heterocycles. The number of rotatable bonds is 5. The molecule has 8 heteroatoms. The number of aryl methyl sites for hydroxylation is 2. The van der Waals surface area contributed by atoms with Gasteiger partial charge in [0.15, 0.2) is 5.82 Å². The van der Waals surface area contributed by atoms with Gasteiger partial charge in [-0.2, -0.15) is 0 Å². The third-order valence-electron chi connectivity index (χ3n) is 6.60. The highest BCUT2D eigenvalue weighted by molar-refractivity contribution is 7.15. The Bertz CT molecular complexity index is 1510. The molecular weight excluding hydrogens is 472 g/mol. The summed E-state index contributed by atoms with van der Waals surface area (Å²) in [4.78, 5) is 18.2. The largest absolute Gasteiger partial charge is 0.508 e. The van der Waals surface area contributed by atoms with Crippen LogP contribution in [0.5, 0.6) is 5.75 Å². The molecule has 182 valence electrons. The number of phenols is 1. The summed E-state index contributed by atoms with van der Waals surface area (Å²) in [6.07, 6.45) is 4.00. The van der Waals surface area contributed by atoms with E-state index in [1.165, 1.54) is 4.88 Å². The Morgan fingerprint density at radius 3 is 2.22 bits per heavy atom. The zero-order valence-electron chi connectivity index (χ0n) is 20.4. The summed E-state index contributed by atoms with van der Waals surface area (Å²) in [5.41, 5.74) is 5.80. The van der Waals surface area contributed by atoms with Gasteiger partial charge in [-0.15, -0.1) is 21.5 Å². The Hall–Kier alpha value is -4.04. The average molecular weight is 499 g/mol. The topological polar surface area (TPSA) is 101 Å². The van der Waals surface area contributed by atoms with Crippen LogP contribution in [0.1, 0.15) is 57.3 Å². The molecule has 5 rings (SSSR count). The van der Waals surface area contributed by atoms with Crippen LogP contribution in [-0.2, 0) is 4.79 Å². The van der Waals surface area contributed by atoms with Gasteiger partial charge < -0.3 is 10.2 Å². The highest BCUT2D eigenvalue weighted by Gasteiger charge is 2.36. The third kappa shape index (κ3) is 4.13. The normalized spacial score (nSPS) is 15.8. The van der Waals surface area contributed by atoms with Crippen molar-refractivity contribution in [2.24, 2.45) is 10.9 Å². The highest BCUT2D eigenvalue weighted by atomic mass is 32.1. The van der Waals surface area contributed by atoms with Crippen molar-refractivity contribution in [1.29, 1.82) is 0 Å². The van der Waals surface area contributed by atoms with Gasteiger partial charge >= 0.3 is 5.97 Å². The van der Waals surface area contributed by atoms with Crippen LogP contribution in [0, 0.1) is 26.7 Å². The lowest BCUT2D eigenvalue weighted by Gasteiger charge is -2.16. The molecule has 2 atom stereocenters. The molecule has 0 spiro atoms. The molecule has 0 amide bonds. The fraction of sp³-hybridized carbons (Fsp3) is 0.214. The van der Waals surface area contributed by atoms with E-state index in [9.17, 15) is 15.0 Å². The predicted octanol–water partition coefficient (Wildman–Crippen LogP) is 5.74. The Kier molecular flexibility index (Phi) is 6.05. The number of phenolic OH excluding ortho intramolecular Hbond substituents is 1. The van der Waals surface area contributed by atoms with E-state index in [0.29, 0.717) is 11.6 Å². The summed E-state index contributed by atoms with van der Waals surface area (Å²) >= 11 is 1.65. The number of nitrogens with zero attached hydrogens (tertiary/aromatic N) is 4. The summed E-state index contributed by atoms with van der Waals surface area (Å²) in [5.74, 6) is -0.203. The third-order valence-corrected chi connectivity index (χ3v) is 7.79. The zero-order chi connectivity index (χ0) is 25.6. The zero-order valence-corrected chi connectivity index (χ0v) is 21.2. The molecule has 4 aromatic rings. The minimum atomic E-state index is -0.928. The van der Waals surface area contributed by atoms with Gasteiger partial charge in [-0.3, -0.25) is 14.4 Å². The smallest absolute Gasteiger partial charge is 0.308 e. The second kappa shape index (κ2) is 9.20. The van der Waals surface area contributed by atoms with Crippen molar-refractivity contribution in [3.63, 3.8) is 0 Å². The van der Waals surface area contributed by atoms with Crippen LogP contribution in [-0.4, -0.2) is 36.7 Å². The van der Waals surface area contributed by atoms with Gasteiger partial charge in [0.2, 0.25) is 0 Å². The van der Waals surface area contributed by atoms with Crippen molar-refractivity contribution < 1.29 is 15.0 Å².